The first-order valence-electron chi connectivity index (χ1n) is 11.4. The molecule has 0 bridgehead atoms. The highest BCUT2D eigenvalue weighted by Crippen LogP contribution is 2.42. The molecule has 0 radical (unpaired) electrons. The number of anilines is 1. The highest BCUT2D eigenvalue weighted by molar-refractivity contribution is 5.69. The Bertz CT molecular complexity index is 804. The minimum atomic E-state index is 0.431. The molecule has 3 aliphatic rings. The molecule has 1 saturated heterocycles. The van der Waals surface area contributed by atoms with Crippen molar-refractivity contribution in [2.45, 2.75) is 56.1 Å². The summed E-state index contributed by atoms with van der Waals surface area (Å²) >= 11 is 0. The fraction of sp³-hybridized carbons (Fsp3) is 0.520. The molecule has 2 saturated carbocycles. The third-order valence-corrected chi connectivity index (χ3v) is 7.01. The lowest BCUT2D eigenvalue weighted by molar-refractivity contribution is 0.339. The fourth-order valence-electron chi connectivity index (χ4n) is 5.06. The standard InChI is InChI=1S/C25H34N4/c26-21-8-10-22(11-9-21)28-25-17-24(25)19-6-4-18(5-7-19)20-2-1-3-23(16-20)29-14-12-27-13-15-29/h1-7,16,21-22,24-25,27-28H,8-15,17,26H2/t21-,22-,24?,25-/m0/s1. The predicted molar refractivity (Wildman–Crippen MR) is 121 cm³/mol. The first-order chi connectivity index (χ1) is 14.3. The topological polar surface area (TPSA) is 53.3 Å². The van der Waals surface area contributed by atoms with Crippen LogP contribution in [0.4, 0.5) is 5.69 Å². The van der Waals surface area contributed by atoms with Crippen LogP contribution in [0.3, 0.4) is 0 Å². The number of piperazine rings is 1. The van der Waals surface area contributed by atoms with Gasteiger partial charge in [-0.15, -0.1) is 0 Å². The van der Waals surface area contributed by atoms with Crippen LogP contribution >= 0.6 is 0 Å². The molecule has 2 aromatic carbocycles. The Kier molecular flexibility index (Phi) is 5.58. The maximum Gasteiger partial charge on any atom is 0.0373 e. The average Bonchev–Trinajstić information content (AvgIpc) is 3.55. The van der Waals surface area contributed by atoms with E-state index in [1.807, 2.05) is 0 Å². The molecule has 0 spiro atoms. The van der Waals surface area contributed by atoms with Gasteiger partial charge in [-0.2, -0.15) is 0 Å². The number of nitrogens with two attached hydrogens (primary N) is 1. The van der Waals surface area contributed by atoms with Crippen LogP contribution in [0.1, 0.15) is 43.6 Å². The molecular formula is C25H34N4. The van der Waals surface area contributed by atoms with Crippen LogP contribution in [0.5, 0.6) is 0 Å². The maximum atomic E-state index is 6.04. The van der Waals surface area contributed by atoms with Gasteiger partial charge in [-0.3, -0.25) is 0 Å². The highest BCUT2D eigenvalue weighted by Gasteiger charge is 2.39. The number of hydrogen-bond donors (Lipinski definition) is 3. The van der Waals surface area contributed by atoms with Crippen LogP contribution in [0, 0.1) is 0 Å². The van der Waals surface area contributed by atoms with Gasteiger partial charge < -0.3 is 21.3 Å². The van der Waals surface area contributed by atoms with Crippen molar-refractivity contribution in [3.05, 3.63) is 54.1 Å². The Balaban J connectivity index is 1.21. The van der Waals surface area contributed by atoms with E-state index in [4.69, 9.17) is 5.73 Å². The number of hydrogen-bond acceptors (Lipinski definition) is 4. The Hall–Kier alpha value is -1.88. The Morgan fingerprint density at radius 1 is 0.897 bits per heavy atom. The Morgan fingerprint density at radius 2 is 1.66 bits per heavy atom. The second-order valence-corrected chi connectivity index (χ2v) is 9.14. The highest BCUT2D eigenvalue weighted by atomic mass is 15.2. The maximum absolute atomic E-state index is 6.04. The first-order valence-corrected chi connectivity index (χ1v) is 11.4. The summed E-state index contributed by atoms with van der Waals surface area (Å²) in [7, 11) is 0. The lowest BCUT2D eigenvalue weighted by atomic mass is 9.92. The Labute approximate surface area is 174 Å². The van der Waals surface area contributed by atoms with Gasteiger partial charge in [0.25, 0.3) is 0 Å². The van der Waals surface area contributed by atoms with E-state index in [2.05, 4.69) is 64.1 Å². The zero-order valence-corrected chi connectivity index (χ0v) is 17.3. The predicted octanol–water partition coefficient (Wildman–Crippen LogP) is 3.48. The van der Waals surface area contributed by atoms with Crippen molar-refractivity contribution in [2.24, 2.45) is 5.73 Å². The van der Waals surface area contributed by atoms with Gasteiger partial charge in [0.1, 0.15) is 0 Å². The zero-order valence-electron chi connectivity index (χ0n) is 17.3. The van der Waals surface area contributed by atoms with Crippen molar-refractivity contribution in [3.63, 3.8) is 0 Å². The zero-order chi connectivity index (χ0) is 19.6. The number of benzene rings is 2. The van der Waals surface area contributed by atoms with E-state index in [1.54, 1.807) is 0 Å². The summed E-state index contributed by atoms with van der Waals surface area (Å²) in [6, 6.07) is 20.1. The van der Waals surface area contributed by atoms with Gasteiger partial charge in [0.05, 0.1) is 0 Å². The van der Waals surface area contributed by atoms with E-state index < -0.39 is 0 Å². The largest absolute Gasteiger partial charge is 0.369 e. The number of rotatable bonds is 5. The van der Waals surface area contributed by atoms with Crippen molar-refractivity contribution in [1.29, 1.82) is 0 Å². The SMILES string of the molecule is N[C@H]1CC[C@H](N[C@H]2CC2c2ccc(-c3cccc(N4CCNCC4)c3)cc2)CC1. The van der Waals surface area contributed by atoms with Crippen LogP contribution in [-0.2, 0) is 0 Å². The van der Waals surface area contributed by atoms with Crippen molar-refractivity contribution in [2.75, 3.05) is 31.1 Å². The number of nitrogens with one attached hydrogen (secondary N) is 2. The first kappa shape index (κ1) is 19.1. The van der Waals surface area contributed by atoms with E-state index in [-0.39, 0.29) is 0 Å². The summed E-state index contributed by atoms with van der Waals surface area (Å²) in [5.41, 5.74) is 11.5. The second kappa shape index (κ2) is 8.47. The van der Waals surface area contributed by atoms with E-state index >= 15 is 0 Å². The molecule has 0 amide bonds. The lowest BCUT2D eigenvalue weighted by Crippen LogP contribution is -2.43. The minimum absolute atomic E-state index is 0.431. The van der Waals surface area contributed by atoms with E-state index in [0.29, 0.717) is 24.0 Å². The molecule has 29 heavy (non-hydrogen) atoms. The van der Waals surface area contributed by atoms with Gasteiger partial charge in [0, 0.05) is 55.9 Å². The molecule has 1 aliphatic heterocycles. The van der Waals surface area contributed by atoms with Gasteiger partial charge in [0.2, 0.25) is 0 Å². The average molecular weight is 391 g/mol. The lowest BCUT2D eigenvalue weighted by Gasteiger charge is -2.29. The molecule has 1 heterocycles. The van der Waals surface area contributed by atoms with Gasteiger partial charge in [-0.1, -0.05) is 36.4 Å². The van der Waals surface area contributed by atoms with Crippen molar-refractivity contribution in [1.82, 2.24) is 10.6 Å². The van der Waals surface area contributed by atoms with Gasteiger partial charge in [0.15, 0.2) is 0 Å². The molecule has 2 aliphatic carbocycles. The van der Waals surface area contributed by atoms with Crippen molar-refractivity contribution in [3.8, 4) is 11.1 Å². The van der Waals surface area contributed by atoms with Crippen LogP contribution in [-0.4, -0.2) is 44.3 Å². The molecule has 1 unspecified atom stereocenters. The van der Waals surface area contributed by atoms with Crippen LogP contribution in [0.25, 0.3) is 11.1 Å². The number of nitrogens with zero attached hydrogens (tertiary/aromatic N) is 1. The van der Waals surface area contributed by atoms with Crippen LogP contribution in [0.2, 0.25) is 0 Å². The van der Waals surface area contributed by atoms with Crippen molar-refractivity contribution < 1.29 is 0 Å². The van der Waals surface area contributed by atoms with Gasteiger partial charge in [-0.05, 0) is 60.9 Å². The summed E-state index contributed by atoms with van der Waals surface area (Å²) < 4.78 is 0. The molecule has 4 heteroatoms. The van der Waals surface area contributed by atoms with E-state index in [0.717, 1.165) is 26.2 Å². The summed E-state index contributed by atoms with van der Waals surface area (Å²) in [6.45, 7) is 4.32. The van der Waals surface area contributed by atoms with Crippen molar-refractivity contribution >= 4 is 5.69 Å². The molecule has 2 atom stereocenters. The molecule has 2 aromatic rings. The fourth-order valence-corrected chi connectivity index (χ4v) is 5.06. The second-order valence-electron chi connectivity index (χ2n) is 9.14. The summed E-state index contributed by atoms with van der Waals surface area (Å²) in [6.07, 6.45) is 6.12. The van der Waals surface area contributed by atoms with E-state index in [9.17, 15) is 0 Å². The minimum Gasteiger partial charge on any atom is -0.369 e. The molecule has 154 valence electrons. The Morgan fingerprint density at radius 3 is 2.41 bits per heavy atom. The summed E-state index contributed by atoms with van der Waals surface area (Å²) in [4.78, 5) is 2.48. The van der Waals surface area contributed by atoms with Crippen LogP contribution in [0.15, 0.2) is 48.5 Å². The van der Waals surface area contributed by atoms with Gasteiger partial charge >= 0.3 is 0 Å². The van der Waals surface area contributed by atoms with Crippen LogP contribution < -0.4 is 21.3 Å². The van der Waals surface area contributed by atoms with Gasteiger partial charge in [-0.25, -0.2) is 0 Å². The molecule has 5 rings (SSSR count). The third kappa shape index (κ3) is 4.50. The summed E-state index contributed by atoms with van der Waals surface area (Å²) in [5.74, 6) is 0.687. The quantitative estimate of drug-likeness (QED) is 0.732. The molecule has 4 N–H and O–H groups in total. The molecule has 4 nitrogen and oxygen atoms in total. The smallest absolute Gasteiger partial charge is 0.0373 e. The monoisotopic (exact) mass is 390 g/mol. The molecular weight excluding hydrogens is 356 g/mol. The molecule has 0 aromatic heterocycles. The molecule has 3 fully saturated rings. The third-order valence-electron chi connectivity index (χ3n) is 7.01. The summed E-state index contributed by atoms with van der Waals surface area (Å²) in [5, 5.41) is 7.32. The normalized spacial score (nSPS) is 29.6. The van der Waals surface area contributed by atoms with E-state index in [1.165, 1.54) is 54.5 Å².